The van der Waals surface area contributed by atoms with E-state index in [0.717, 1.165) is 13.8 Å². The zero-order chi connectivity index (χ0) is 85.9. The minimum absolute atomic E-state index is 0.798. The van der Waals surface area contributed by atoms with E-state index in [2.05, 4.69) is 10.6 Å². The van der Waals surface area contributed by atoms with Gasteiger partial charge in [-0.2, -0.15) is 0 Å². The number of ether oxygens (including phenoxy) is 19. The summed E-state index contributed by atoms with van der Waals surface area (Å²) in [7, 11) is 0. The maximum Gasteiger partial charge on any atom is 0.217 e. The quantitative estimate of drug-likeness (QED) is 0.0318. The number of hydrogen-bond acceptors (Lipinski definition) is 51. The van der Waals surface area contributed by atoms with Gasteiger partial charge in [-0.05, 0) is 0 Å². The van der Waals surface area contributed by atoms with Crippen LogP contribution < -0.4 is 10.6 Å². The van der Waals surface area contributed by atoms with E-state index in [1.54, 1.807) is 0 Å². The van der Waals surface area contributed by atoms with Crippen molar-refractivity contribution in [2.24, 2.45) is 0 Å². The molecule has 0 aromatic heterocycles. The van der Waals surface area contributed by atoms with E-state index < -0.39 is 385 Å². The molecule has 10 aliphatic heterocycles. The standard InChI is InChI=1S/C64H108N2O51/c1-13(75)65-25-35(85)48(21(9-73)101-55(25)98)111-56-26(66-14(2)76)36(86)49(22(10-74)108-56)112-63-47(97)53(34(84)24(110-63)12-100-58-44(94)52(113-59-42(92)38(88)28(78)16(4-68)103-59)33(83)23(109-58)11-99-57-41(91)37(87)27(77)15(3-67)102-57)115-61-45(95)50(31(81)19(7-71)105-61)114-62-46(96)51(32(82)20(8-72)106-62)116-64-54(40(90)30(80)18(6-70)107-64)117-60-43(93)39(89)29(79)17(5-69)104-60/h15-64,67-74,77-98H,3-12H2,1-2H3,(H,65,75)(H,66,76)/t15-,16-,17-,18-,19-,20-,21-,22-,23-,24-,25-,26-,27-,28-,29-,30-,31-,32-,33-,34-,35-,36-,37+,38+,39+,40+,41+,42+,43-,44+,45+,46-,47+,48-,49-,50+,51+,52+,53+,54-,55-,56+,57+,58+,59-,60-,61-,62-,63+,64-/m1/s1. The largest absolute Gasteiger partial charge is 0.394 e. The van der Waals surface area contributed by atoms with Gasteiger partial charge < -0.3 is 254 Å². The van der Waals surface area contributed by atoms with Crippen molar-refractivity contribution in [2.75, 3.05) is 66.1 Å². The predicted octanol–water partition coefficient (Wildman–Crippen LogP) is -22.5. The number of carbonyl (C=O) groups excluding carboxylic acids is 2. The van der Waals surface area contributed by atoms with Crippen LogP contribution in [0, 0.1) is 0 Å². The summed E-state index contributed by atoms with van der Waals surface area (Å²) in [5.74, 6) is -1.75. The van der Waals surface area contributed by atoms with Crippen LogP contribution in [0.15, 0.2) is 0 Å². The summed E-state index contributed by atoms with van der Waals surface area (Å²) in [6, 6.07) is -3.60. The van der Waals surface area contributed by atoms with Crippen molar-refractivity contribution >= 4 is 11.8 Å². The third kappa shape index (κ3) is 20.7. The van der Waals surface area contributed by atoms with Gasteiger partial charge in [0.15, 0.2) is 62.9 Å². The molecule has 0 bridgehead atoms. The number of nitrogens with one attached hydrogen (secondary N) is 2. The van der Waals surface area contributed by atoms with Crippen LogP contribution in [0.2, 0.25) is 0 Å². The Labute approximate surface area is 660 Å². The van der Waals surface area contributed by atoms with E-state index in [0.29, 0.717) is 0 Å². The Morgan fingerprint density at radius 2 is 0.462 bits per heavy atom. The third-order valence-electron chi connectivity index (χ3n) is 21.7. The monoisotopic (exact) mass is 1720 g/mol. The van der Waals surface area contributed by atoms with Gasteiger partial charge in [0, 0.05) is 13.8 Å². The summed E-state index contributed by atoms with van der Waals surface area (Å²) >= 11 is 0. The first-order valence-corrected chi connectivity index (χ1v) is 37.2. The van der Waals surface area contributed by atoms with Crippen molar-refractivity contribution in [2.45, 2.75) is 321 Å². The first-order chi connectivity index (χ1) is 55.4. The Balaban J connectivity index is 0.952. The van der Waals surface area contributed by atoms with Gasteiger partial charge in [0.1, 0.15) is 244 Å². The number of aliphatic hydroxyl groups is 30. The molecule has 10 fully saturated rings. The minimum atomic E-state index is -2.59. The average Bonchev–Trinajstić information content (AvgIpc) is 0.762. The van der Waals surface area contributed by atoms with Crippen LogP contribution in [-0.2, 0) is 99.6 Å². The van der Waals surface area contributed by atoms with Gasteiger partial charge in [0.25, 0.3) is 0 Å². The number of amides is 2. The second-order valence-corrected chi connectivity index (χ2v) is 29.5. The highest BCUT2D eigenvalue weighted by Crippen LogP contribution is 2.40. The Bertz CT molecular complexity index is 3050. The summed E-state index contributed by atoms with van der Waals surface area (Å²) < 4.78 is 110. The van der Waals surface area contributed by atoms with Crippen LogP contribution in [0.25, 0.3) is 0 Å². The lowest BCUT2D eigenvalue weighted by atomic mass is 9.94. The van der Waals surface area contributed by atoms with Crippen LogP contribution in [0.3, 0.4) is 0 Å². The Morgan fingerprint density at radius 3 is 0.846 bits per heavy atom. The molecule has 0 radical (unpaired) electrons. The van der Waals surface area contributed by atoms with Crippen molar-refractivity contribution in [3.8, 4) is 0 Å². The normalized spacial score (nSPS) is 51.5. The molecule has 0 spiro atoms. The van der Waals surface area contributed by atoms with E-state index in [-0.39, 0.29) is 0 Å². The number of rotatable bonds is 30. The molecule has 53 heteroatoms. The smallest absolute Gasteiger partial charge is 0.217 e. The van der Waals surface area contributed by atoms with Gasteiger partial charge in [-0.3, -0.25) is 9.59 Å². The molecule has 10 rings (SSSR count). The summed E-state index contributed by atoms with van der Waals surface area (Å²) in [6.07, 6.45) is -102. The second kappa shape index (κ2) is 41.9. The fraction of sp³-hybridized carbons (Fsp3) is 0.969. The molecule has 32 N–H and O–H groups in total. The summed E-state index contributed by atoms with van der Waals surface area (Å²) in [5, 5.41) is 336. The van der Waals surface area contributed by atoms with Crippen molar-refractivity contribution < 1.29 is 253 Å². The van der Waals surface area contributed by atoms with Crippen molar-refractivity contribution in [1.29, 1.82) is 0 Å². The van der Waals surface area contributed by atoms with Gasteiger partial charge in [0.05, 0.1) is 66.1 Å². The molecule has 53 nitrogen and oxygen atoms in total. The Hall–Kier alpha value is -3.02. The van der Waals surface area contributed by atoms with Gasteiger partial charge in [-0.1, -0.05) is 0 Å². The molecule has 50 atom stereocenters. The molecule has 10 saturated heterocycles. The van der Waals surface area contributed by atoms with Crippen molar-refractivity contribution in [3.63, 3.8) is 0 Å². The van der Waals surface area contributed by atoms with Crippen molar-refractivity contribution in [1.82, 2.24) is 10.6 Å². The molecule has 0 aromatic rings. The molecule has 10 heterocycles. The van der Waals surface area contributed by atoms with Crippen LogP contribution in [0.1, 0.15) is 13.8 Å². The highest BCUT2D eigenvalue weighted by Gasteiger charge is 2.61. The molecule has 0 unspecified atom stereocenters. The van der Waals surface area contributed by atoms with E-state index in [1.807, 2.05) is 0 Å². The molecule has 117 heavy (non-hydrogen) atoms. The number of hydrogen-bond donors (Lipinski definition) is 32. The molecule has 0 saturated carbocycles. The fourth-order valence-corrected chi connectivity index (χ4v) is 15.0. The zero-order valence-electron chi connectivity index (χ0n) is 61.9. The first kappa shape index (κ1) is 96.2. The molecule has 2 amide bonds. The molecule has 0 aromatic carbocycles. The average molecular weight is 1720 g/mol. The lowest BCUT2D eigenvalue weighted by Gasteiger charge is -2.51. The lowest BCUT2D eigenvalue weighted by molar-refractivity contribution is -0.403. The highest BCUT2D eigenvalue weighted by atomic mass is 16.8. The molecule has 10 aliphatic rings. The molecular weight excluding hydrogens is 1610 g/mol. The molecule has 0 aliphatic carbocycles. The van der Waals surface area contributed by atoms with Gasteiger partial charge in [-0.15, -0.1) is 0 Å². The minimum Gasteiger partial charge on any atom is -0.394 e. The summed E-state index contributed by atoms with van der Waals surface area (Å²) in [6.45, 7) is -9.04. The number of carbonyl (C=O) groups is 2. The molecule has 680 valence electrons. The van der Waals surface area contributed by atoms with Crippen LogP contribution in [-0.4, -0.2) is 538 Å². The zero-order valence-corrected chi connectivity index (χ0v) is 61.9. The third-order valence-corrected chi connectivity index (χ3v) is 21.7. The molecular formula is C64H108N2O51. The topological polar surface area (TPSA) is 840 Å². The SMILES string of the molecule is CC(=O)N[C@@H]1[C@@H](O)[C@H](O[C@@H]2O[C@H](CO)[C@@H](O[C@@H]3O[C@H](CO[C@H]4O[C@H](CO[C@H]5O[C@H](CO)[C@@H](O)[C@H](O)[C@@H]5O)[C@@H](O)[C@H](O[C@H]5O[C@H](CO)[C@@H](O)[C@H](O)[C@@H]5O)[C@@H]4O)[C@@H](O)[C@H](O[C@H]4O[C@H](CO)[C@@H](O)[C@H](O[C@H]5O[C@H](CO)[C@@H](O)[C@H](O[C@H]6O[C@H](CO)[C@@H](O)[C@H](O)[C@H]6O[C@H]6O[C@H](CO)[C@@H](O)[C@H](O)[C@H]6O)[C@H]5O)[C@@H]4O)[C@@H]3O)[C@H](O)[C@H]2NC(C)=O)[C@@H](CO)O[C@H]1O. The summed E-state index contributed by atoms with van der Waals surface area (Å²) in [4.78, 5) is 25.1. The van der Waals surface area contributed by atoms with E-state index in [1.165, 1.54) is 0 Å². The number of aliphatic hydroxyl groups excluding tert-OH is 30. The van der Waals surface area contributed by atoms with E-state index >= 15 is 0 Å². The van der Waals surface area contributed by atoms with Crippen LogP contribution in [0.5, 0.6) is 0 Å². The van der Waals surface area contributed by atoms with Crippen molar-refractivity contribution in [3.05, 3.63) is 0 Å². The Kier molecular flexibility index (Phi) is 34.4. The second-order valence-electron chi connectivity index (χ2n) is 29.5. The highest BCUT2D eigenvalue weighted by molar-refractivity contribution is 5.73. The van der Waals surface area contributed by atoms with Gasteiger partial charge in [0.2, 0.25) is 11.8 Å². The predicted molar refractivity (Wildman–Crippen MR) is 353 cm³/mol. The van der Waals surface area contributed by atoms with Gasteiger partial charge in [-0.25, -0.2) is 0 Å². The Morgan fingerprint density at radius 1 is 0.222 bits per heavy atom. The van der Waals surface area contributed by atoms with Crippen LogP contribution in [0.4, 0.5) is 0 Å². The summed E-state index contributed by atoms with van der Waals surface area (Å²) in [5.41, 5.74) is 0. The van der Waals surface area contributed by atoms with E-state index in [9.17, 15) is 163 Å². The first-order valence-electron chi connectivity index (χ1n) is 37.2. The van der Waals surface area contributed by atoms with Crippen LogP contribution >= 0.6 is 0 Å². The van der Waals surface area contributed by atoms with Gasteiger partial charge >= 0.3 is 0 Å². The maximum atomic E-state index is 13.0. The van der Waals surface area contributed by atoms with E-state index in [4.69, 9.17) is 90.0 Å². The maximum absolute atomic E-state index is 13.0. The lowest BCUT2D eigenvalue weighted by Crippen LogP contribution is -2.70. The fourth-order valence-electron chi connectivity index (χ4n) is 15.0.